The number of rotatable bonds is 3. The molecular weight excluding hydrogens is 320 g/mol. The van der Waals surface area contributed by atoms with E-state index in [9.17, 15) is 0 Å². The average molecular weight is 335 g/mol. The highest BCUT2D eigenvalue weighted by Gasteiger charge is 2.10. The van der Waals surface area contributed by atoms with E-state index in [0.717, 1.165) is 33.6 Å². The van der Waals surface area contributed by atoms with Gasteiger partial charge in [0.1, 0.15) is 0 Å². The number of nitrogens with zero attached hydrogens (tertiary/aromatic N) is 1. The van der Waals surface area contributed by atoms with E-state index in [0.29, 0.717) is 19.8 Å². The fourth-order valence-corrected chi connectivity index (χ4v) is 2.44. The highest BCUT2D eigenvalue weighted by atomic mass is 79.9. The van der Waals surface area contributed by atoms with E-state index in [1.165, 1.54) is 0 Å². The van der Waals surface area contributed by atoms with E-state index in [1.54, 1.807) is 6.20 Å². The Kier molecular flexibility index (Phi) is 4.06. The second-order valence-electron chi connectivity index (χ2n) is 4.58. The lowest BCUT2D eigenvalue weighted by Gasteiger charge is -2.11. The number of aromatic nitrogens is 1. The highest BCUT2D eigenvalue weighted by molar-refractivity contribution is 9.10. The zero-order valence-corrected chi connectivity index (χ0v) is 12.5. The van der Waals surface area contributed by atoms with E-state index >= 15 is 0 Å². The monoisotopic (exact) mass is 334 g/mol. The van der Waals surface area contributed by atoms with Gasteiger partial charge in [0.2, 0.25) is 0 Å². The zero-order chi connectivity index (χ0) is 13.8. The number of benzene rings is 1. The standard InChI is InChI=1S/C15H15BrN2O2/c16-12-6-11(8-17-10-12)9-18-13-2-3-14-15(7-13)20-5-1-4-19-14/h2-3,6-8,10,18H,1,4-5,9H2. The van der Waals surface area contributed by atoms with Crippen LogP contribution >= 0.6 is 15.9 Å². The van der Waals surface area contributed by atoms with Crippen molar-refractivity contribution >= 4 is 21.6 Å². The second kappa shape index (κ2) is 6.13. The van der Waals surface area contributed by atoms with E-state index in [1.807, 2.05) is 30.5 Å². The van der Waals surface area contributed by atoms with Crippen molar-refractivity contribution in [2.75, 3.05) is 18.5 Å². The molecule has 0 saturated heterocycles. The van der Waals surface area contributed by atoms with Gasteiger partial charge in [-0.15, -0.1) is 0 Å². The first kappa shape index (κ1) is 13.2. The van der Waals surface area contributed by atoms with Gasteiger partial charge in [-0.05, 0) is 39.7 Å². The van der Waals surface area contributed by atoms with Crippen LogP contribution in [-0.4, -0.2) is 18.2 Å². The molecule has 0 spiro atoms. The lowest BCUT2D eigenvalue weighted by molar-refractivity contribution is 0.297. The third kappa shape index (κ3) is 3.22. The van der Waals surface area contributed by atoms with Crippen molar-refractivity contribution in [3.05, 3.63) is 46.7 Å². The number of fused-ring (bicyclic) bond motifs is 1. The van der Waals surface area contributed by atoms with Crippen LogP contribution in [0, 0.1) is 0 Å². The van der Waals surface area contributed by atoms with Crippen LogP contribution in [-0.2, 0) is 6.54 Å². The lowest BCUT2D eigenvalue weighted by Crippen LogP contribution is -2.00. The van der Waals surface area contributed by atoms with Crippen molar-refractivity contribution in [3.63, 3.8) is 0 Å². The number of hydrogen-bond donors (Lipinski definition) is 1. The van der Waals surface area contributed by atoms with Crippen LogP contribution in [0.4, 0.5) is 5.69 Å². The molecule has 1 aliphatic heterocycles. The molecule has 20 heavy (non-hydrogen) atoms. The Morgan fingerprint density at radius 3 is 2.80 bits per heavy atom. The van der Waals surface area contributed by atoms with E-state index in [-0.39, 0.29) is 0 Å². The fraction of sp³-hybridized carbons (Fsp3) is 0.267. The van der Waals surface area contributed by atoms with Gasteiger partial charge in [0.25, 0.3) is 0 Å². The maximum atomic E-state index is 5.68. The first-order chi connectivity index (χ1) is 9.81. The summed E-state index contributed by atoms with van der Waals surface area (Å²) in [5.74, 6) is 1.62. The SMILES string of the molecule is Brc1cncc(CNc2ccc3c(c2)OCCCO3)c1. The van der Waals surface area contributed by atoms with Gasteiger partial charge in [0.15, 0.2) is 11.5 Å². The van der Waals surface area contributed by atoms with Crippen LogP contribution in [0.2, 0.25) is 0 Å². The molecular formula is C15H15BrN2O2. The van der Waals surface area contributed by atoms with Gasteiger partial charge in [0.05, 0.1) is 13.2 Å². The summed E-state index contributed by atoms with van der Waals surface area (Å²) in [6.07, 6.45) is 4.54. The summed E-state index contributed by atoms with van der Waals surface area (Å²) in [6, 6.07) is 7.97. The van der Waals surface area contributed by atoms with Gasteiger partial charge < -0.3 is 14.8 Å². The van der Waals surface area contributed by atoms with Crippen LogP contribution in [0.5, 0.6) is 11.5 Å². The minimum Gasteiger partial charge on any atom is -0.490 e. The normalized spacial score (nSPS) is 13.7. The summed E-state index contributed by atoms with van der Waals surface area (Å²) in [6.45, 7) is 2.13. The van der Waals surface area contributed by atoms with Crippen molar-refractivity contribution in [2.24, 2.45) is 0 Å². The first-order valence-electron chi connectivity index (χ1n) is 6.54. The van der Waals surface area contributed by atoms with Crippen LogP contribution in [0.1, 0.15) is 12.0 Å². The van der Waals surface area contributed by atoms with Crippen molar-refractivity contribution in [3.8, 4) is 11.5 Å². The van der Waals surface area contributed by atoms with Crippen LogP contribution in [0.3, 0.4) is 0 Å². The molecule has 3 rings (SSSR count). The van der Waals surface area contributed by atoms with Gasteiger partial charge in [-0.2, -0.15) is 0 Å². The van der Waals surface area contributed by atoms with Gasteiger partial charge in [-0.3, -0.25) is 4.98 Å². The smallest absolute Gasteiger partial charge is 0.163 e. The topological polar surface area (TPSA) is 43.4 Å². The Hall–Kier alpha value is -1.75. The van der Waals surface area contributed by atoms with Gasteiger partial charge >= 0.3 is 0 Å². The molecule has 2 heterocycles. The minimum atomic E-state index is 0.700. The summed E-state index contributed by atoms with van der Waals surface area (Å²) in [5.41, 5.74) is 2.13. The van der Waals surface area contributed by atoms with E-state index < -0.39 is 0 Å². The third-order valence-corrected chi connectivity index (χ3v) is 3.44. The van der Waals surface area contributed by atoms with E-state index in [2.05, 4.69) is 26.2 Å². The van der Waals surface area contributed by atoms with Crippen LogP contribution in [0.25, 0.3) is 0 Å². The maximum absolute atomic E-state index is 5.68. The highest BCUT2D eigenvalue weighted by Crippen LogP contribution is 2.32. The summed E-state index contributed by atoms with van der Waals surface area (Å²) in [5, 5.41) is 3.36. The Morgan fingerprint density at radius 1 is 1.10 bits per heavy atom. The summed E-state index contributed by atoms with van der Waals surface area (Å²) in [4.78, 5) is 4.15. The number of anilines is 1. The molecule has 104 valence electrons. The lowest BCUT2D eigenvalue weighted by atomic mass is 10.2. The molecule has 2 aromatic rings. The number of hydrogen-bond acceptors (Lipinski definition) is 4. The summed E-state index contributed by atoms with van der Waals surface area (Å²) in [7, 11) is 0. The molecule has 0 unspecified atom stereocenters. The number of pyridine rings is 1. The molecule has 5 heteroatoms. The maximum Gasteiger partial charge on any atom is 0.163 e. The molecule has 0 saturated carbocycles. The Bertz CT molecular complexity index is 604. The largest absolute Gasteiger partial charge is 0.490 e. The molecule has 1 aliphatic rings. The van der Waals surface area contributed by atoms with Crippen molar-refractivity contribution in [1.29, 1.82) is 0 Å². The number of halogens is 1. The molecule has 4 nitrogen and oxygen atoms in total. The quantitative estimate of drug-likeness (QED) is 0.930. The van der Waals surface area contributed by atoms with Crippen molar-refractivity contribution in [2.45, 2.75) is 13.0 Å². The van der Waals surface area contributed by atoms with Crippen molar-refractivity contribution in [1.82, 2.24) is 4.98 Å². The number of ether oxygens (including phenoxy) is 2. The van der Waals surface area contributed by atoms with Crippen LogP contribution in [0.15, 0.2) is 41.1 Å². The molecule has 0 bridgehead atoms. The molecule has 0 aliphatic carbocycles. The molecule has 0 radical (unpaired) electrons. The predicted molar refractivity (Wildman–Crippen MR) is 81.3 cm³/mol. The van der Waals surface area contributed by atoms with Crippen molar-refractivity contribution < 1.29 is 9.47 Å². The molecule has 1 aromatic carbocycles. The van der Waals surface area contributed by atoms with Gasteiger partial charge in [-0.1, -0.05) is 0 Å². The molecule has 1 N–H and O–H groups in total. The van der Waals surface area contributed by atoms with E-state index in [4.69, 9.17) is 9.47 Å². The van der Waals surface area contributed by atoms with Crippen LogP contribution < -0.4 is 14.8 Å². The summed E-state index contributed by atoms with van der Waals surface area (Å²) >= 11 is 3.42. The summed E-state index contributed by atoms with van der Waals surface area (Å²) < 4.78 is 12.3. The average Bonchev–Trinajstić information content (AvgIpc) is 2.70. The first-order valence-corrected chi connectivity index (χ1v) is 7.33. The third-order valence-electron chi connectivity index (χ3n) is 3.01. The second-order valence-corrected chi connectivity index (χ2v) is 5.49. The zero-order valence-electron chi connectivity index (χ0n) is 10.9. The van der Waals surface area contributed by atoms with Gasteiger partial charge in [-0.25, -0.2) is 0 Å². The Balaban J connectivity index is 1.70. The Morgan fingerprint density at radius 2 is 1.95 bits per heavy atom. The number of nitrogens with one attached hydrogen (secondary N) is 1. The molecule has 1 aromatic heterocycles. The Labute approximate surface area is 126 Å². The minimum absolute atomic E-state index is 0.700. The predicted octanol–water partition coefficient (Wildman–Crippen LogP) is 3.62. The molecule has 0 amide bonds. The molecule has 0 atom stereocenters. The fourth-order valence-electron chi connectivity index (χ4n) is 2.03. The molecule has 0 fully saturated rings. The van der Waals surface area contributed by atoms with Gasteiger partial charge in [0, 0.05) is 41.6 Å².